The number of aliphatic hydroxyl groups excluding tert-OH is 10. The Morgan fingerprint density at radius 3 is 0.990 bits per heavy atom. The average Bonchev–Trinajstić information content (AvgIpc) is 0.763. The van der Waals surface area contributed by atoms with Crippen LogP contribution in [0.25, 0.3) is 0 Å². The highest BCUT2D eigenvalue weighted by Gasteiger charge is 2.58. The summed E-state index contributed by atoms with van der Waals surface area (Å²) in [6.07, 6.45) is 14.4. The van der Waals surface area contributed by atoms with Crippen molar-refractivity contribution < 1.29 is 117 Å². The minimum Gasteiger partial charge on any atom is -0.463 e. The summed E-state index contributed by atoms with van der Waals surface area (Å²) in [4.78, 5) is 51.0. The van der Waals surface area contributed by atoms with Crippen molar-refractivity contribution in [3.05, 3.63) is 0 Å². The zero-order valence-corrected chi connectivity index (χ0v) is 61.9. The predicted octanol–water partition coefficient (Wildman–Crippen LogP) is 11.4. The average molecular weight is 1440 g/mol. The first-order chi connectivity index (χ1) is 47.8. The Bertz CT molecular complexity index is 2050. The van der Waals surface area contributed by atoms with Gasteiger partial charge in [-0.05, 0) is 19.3 Å². The van der Waals surface area contributed by atoms with E-state index in [9.17, 15) is 74.9 Å². The lowest BCUT2D eigenvalue weighted by molar-refractivity contribution is -0.360. The minimum atomic E-state index is -5.69. The predicted molar refractivity (Wildman–Crippen MR) is 375 cm³/mol. The third kappa shape index (κ3) is 39.2. The van der Waals surface area contributed by atoms with Gasteiger partial charge in [-0.25, -0.2) is 4.57 Å². The van der Waals surface area contributed by atoms with Crippen molar-refractivity contribution in [1.29, 1.82) is 0 Å². The molecule has 18 unspecified atom stereocenters. The van der Waals surface area contributed by atoms with Crippen LogP contribution in [0.5, 0.6) is 0 Å². The molecular formula is C74H139O24P. The van der Waals surface area contributed by atoms with Crippen LogP contribution in [0.4, 0.5) is 0 Å². The molecule has 25 heteroatoms. The maximum Gasteiger partial charge on any atom is 0.472 e. The first-order valence-electron chi connectivity index (χ1n) is 39.3. The van der Waals surface area contributed by atoms with Crippen LogP contribution in [0.3, 0.4) is 0 Å². The number of esters is 3. The van der Waals surface area contributed by atoms with Gasteiger partial charge in [-0.1, -0.05) is 284 Å². The summed E-state index contributed by atoms with van der Waals surface area (Å²) >= 11 is 0. The number of carbonyl (C=O) groups is 3. The van der Waals surface area contributed by atoms with E-state index in [0.29, 0.717) is 19.3 Å². The fourth-order valence-corrected chi connectivity index (χ4v) is 14.2. The van der Waals surface area contributed by atoms with Gasteiger partial charge in [0.05, 0.1) is 13.2 Å². The molecule has 18 atom stereocenters. The molecule has 3 rings (SSSR count). The Morgan fingerprint density at radius 2 is 0.646 bits per heavy atom. The van der Waals surface area contributed by atoms with Crippen molar-refractivity contribution >= 4 is 25.7 Å². The van der Waals surface area contributed by atoms with E-state index in [1.54, 1.807) is 0 Å². The number of phosphoric ester groups is 1. The molecule has 2 heterocycles. The number of aliphatic hydroxyl groups is 10. The molecule has 2 saturated heterocycles. The van der Waals surface area contributed by atoms with Crippen LogP contribution in [-0.4, -0.2) is 204 Å². The molecule has 0 aromatic heterocycles. The Morgan fingerprint density at radius 1 is 0.354 bits per heavy atom. The summed E-state index contributed by atoms with van der Waals surface area (Å²) in [7, 11) is -5.69. The number of phosphoric acid groups is 1. The van der Waals surface area contributed by atoms with E-state index in [1.807, 2.05) is 0 Å². The van der Waals surface area contributed by atoms with Gasteiger partial charge in [0.15, 0.2) is 18.7 Å². The van der Waals surface area contributed by atoms with Crippen molar-refractivity contribution in [2.45, 2.75) is 427 Å². The lowest BCUT2D eigenvalue weighted by Gasteiger charge is -2.49. The van der Waals surface area contributed by atoms with Crippen molar-refractivity contribution in [2.24, 2.45) is 0 Å². The van der Waals surface area contributed by atoms with E-state index in [1.165, 1.54) is 167 Å². The molecule has 3 fully saturated rings. The van der Waals surface area contributed by atoms with Gasteiger partial charge in [0, 0.05) is 19.3 Å². The number of unbranched alkanes of at least 4 members (excludes halogenated alkanes) is 41. The zero-order valence-electron chi connectivity index (χ0n) is 61.1. The fraction of sp³-hybridized carbons (Fsp3) is 0.959. The number of ether oxygens (including phenoxy) is 7. The Balaban J connectivity index is 1.70. The Labute approximate surface area is 593 Å². The van der Waals surface area contributed by atoms with Gasteiger partial charge in [-0.3, -0.25) is 23.4 Å². The van der Waals surface area contributed by atoms with Crippen molar-refractivity contribution in [2.75, 3.05) is 26.4 Å². The highest BCUT2D eigenvalue weighted by atomic mass is 31.2. The van der Waals surface area contributed by atoms with Crippen LogP contribution < -0.4 is 0 Å². The van der Waals surface area contributed by atoms with Crippen LogP contribution in [0.2, 0.25) is 0 Å². The molecule has 0 aromatic carbocycles. The fourth-order valence-electron chi connectivity index (χ4n) is 13.2. The highest BCUT2D eigenvalue weighted by molar-refractivity contribution is 7.47. The second kappa shape index (κ2) is 56.3. The third-order valence-corrected chi connectivity index (χ3v) is 20.6. The van der Waals surface area contributed by atoms with Gasteiger partial charge in [0.2, 0.25) is 0 Å². The van der Waals surface area contributed by atoms with Crippen molar-refractivity contribution in [1.82, 2.24) is 0 Å². The van der Waals surface area contributed by atoms with Crippen LogP contribution in [0, 0.1) is 0 Å². The van der Waals surface area contributed by atoms with Gasteiger partial charge in [-0.2, -0.15) is 0 Å². The smallest absolute Gasteiger partial charge is 0.463 e. The molecule has 24 nitrogen and oxygen atoms in total. The van der Waals surface area contributed by atoms with Gasteiger partial charge in [-0.15, -0.1) is 0 Å². The van der Waals surface area contributed by atoms with Crippen molar-refractivity contribution in [3.8, 4) is 0 Å². The molecule has 1 aliphatic carbocycles. The molecule has 1 saturated carbocycles. The molecule has 0 aromatic rings. The highest BCUT2D eigenvalue weighted by Crippen LogP contribution is 2.49. The number of hydrogen-bond acceptors (Lipinski definition) is 23. The third-order valence-electron chi connectivity index (χ3n) is 19.6. The van der Waals surface area contributed by atoms with Gasteiger partial charge < -0.3 is 89.1 Å². The lowest BCUT2D eigenvalue weighted by Crippen LogP contribution is -2.69. The largest absolute Gasteiger partial charge is 0.472 e. The number of rotatable bonds is 62. The Kier molecular flexibility index (Phi) is 51.9. The monoisotopic (exact) mass is 1440 g/mol. The topological polar surface area (TPSA) is 374 Å². The second-order valence-corrected chi connectivity index (χ2v) is 29.8. The van der Waals surface area contributed by atoms with E-state index in [2.05, 4.69) is 20.8 Å². The minimum absolute atomic E-state index is 0.0329. The molecule has 584 valence electrons. The van der Waals surface area contributed by atoms with Gasteiger partial charge >= 0.3 is 25.7 Å². The maximum absolute atomic E-state index is 14.3. The van der Waals surface area contributed by atoms with E-state index < -0.39 is 156 Å². The SMILES string of the molecule is CCCCCCCCCCCCCCCCCCCC(=O)OCC1OC(OC2C(O)C(O)C(O)C(OC3OC(CO)C(O)C(O)C3O)C2OP(=O)(O)OCC(COC(=O)CCCCCCCCCCCCC)OC(=O)CCCCCCCCCCCCCCCCCC)C(O)C(O)C1O. The normalized spacial score (nSPS) is 27.4. The Hall–Kier alpha value is -2.04. The van der Waals surface area contributed by atoms with E-state index in [0.717, 1.165) is 96.3 Å². The van der Waals surface area contributed by atoms with Crippen LogP contribution in [0.1, 0.15) is 323 Å². The molecule has 0 radical (unpaired) electrons. The summed E-state index contributed by atoms with van der Waals surface area (Å²) < 4.78 is 65.1. The number of carbonyl (C=O) groups excluding carboxylic acids is 3. The molecule has 0 bridgehead atoms. The molecule has 99 heavy (non-hydrogen) atoms. The molecule has 0 spiro atoms. The van der Waals surface area contributed by atoms with Crippen molar-refractivity contribution in [3.63, 3.8) is 0 Å². The summed E-state index contributed by atoms with van der Waals surface area (Å²) in [5.74, 6) is -1.97. The molecule has 3 aliphatic rings. The summed E-state index contributed by atoms with van der Waals surface area (Å²) in [6, 6.07) is 0. The standard InChI is InChI=1S/C74H139O24P/c1-4-7-10-13-16-19-22-24-26-28-30-31-34-37-40-43-46-49-59(77)91-54-57-62(80)64(82)69(87)74(95-57)97-71-67(85)65(83)66(84)70(96-73-68(86)63(81)61(79)56(51-75)94-73)72(71)98-99(88,89)92-53-55(52-90-58(76)48-45-42-39-36-33-21-18-15-12-9-6-3)93-60(78)50-47-44-41-38-35-32-29-27-25-23-20-17-14-11-8-5-2/h55-57,61-75,79-87H,4-54H2,1-3H3,(H,88,89). The van der Waals surface area contributed by atoms with E-state index in [-0.39, 0.29) is 19.3 Å². The molecule has 0 amide bonds. The first kappa shape index (κ1) is 91.2. The lowest BCUT2D eigenvalue weighted by atomic mass is 9.84. The van der Waals surface area contributed by atoms with Gasteiger partial charge in [0.1, 0.15) is 98.7 Å². The quantitative estimate of drug-likeness (QED) is 0.0117. The van der Waals surface area contributed by atoms with Crippen LogP contribution in [-0.2, 0) is 61.2 Å². The summed E-state index contributed by atoms with van der Waals surface area (Å²) in [5, 5.41) is 110. The second-order valence-electron chi connectivity index (χ2n) is 28.4. The first-order valence-corrected chi connectivity index (χ1v) is 40.8. The molecule has 11 N–H and O–H groups in total. The number of hydrogen-bond donors (Lipinski definition) is 11. The van der Waals surface area contributed by atoms with E-state index >= 15 is 0 Å². The molecule has 2 aliphatic heterocycles. The summed E-state index contributed by atoms with van der Waals surface area (Å²) in [6.45, 7) is 3.48. The van der Waals surface area contributed by atoms with E-state index in [4.69, 9.17) is 42.2 Å². The maximum atomic E-state index is 14.3. The zero-order chi connectivity index (χ0) is 72.5. The van der Waals surface area contributed by atoms with Crippen LogP contribution in [0.15, 0.2) is 0 Å². The molecular weight excluding hydrogens is 1300 g/mol. The van der Waals surface area contributed by atoms with Gasteiger partial charge in [0.25, 0.3) is 0 Å². The summed E-state index contributed by atoms with van der Waals surface area (Å²) in [5.41, 5.74) is 0. The van der Waals surface area contributed by atoms with Crippen LogP contribution >= 0.6 is 7.82 Å².